The van der Waals surface area contributed by atoms with E-state index in [1.807, 2.05) is 0 Å². The number of hydrogen-bond donors (Lipinski definition) is 3. The first-order chi connectivity index (χ1) is 7.61. The molecule has 4 N–H and O–H groups in total. The van der Waals surface area contributed by atoms with Crippen molar-refractivity contribution < 1.29 is 9.90 Å². The molecule has 1 heterocycles. The number of aromatic nitrogens is 1. The Morgan fingerprint density at radius 1 is 1.75 bits per heavy atom. The monoisotopic (exact) mass is 224 g/mol. The molecule has 0 aliphatic rings. The van der Waals surface area contributed by atoms with Gasteiger partial charge < -0.3 is 15.4 Å². The third kappa shape index (κ3) is 2.47. The van der Waals surface area contributed by atoms with Crippen molar-refractivity contribution in [3.8, 4) is 0 Å². The Kier molecular flexibility index (Phi) is 4.21. The molecule has 1 aromatic rings. The number of hydrazine groups is 1. The number of amides is 1. The molecule has 1 atom stereocenters. The first-order valence-electron chi connectivity index (χ1n) is 4.90. The number of pyridine rings is 1. The van der Waals surface area contributed by atoms with Crippen LogP contribution >= 0.6 is 0 Å². The van der Waals surface area contributed by atoms with Gasteiger partial charge in [0.2, 0.25) is 0 Å². The van der Waals surface area contributed by atoms with Gasteiger partial charge in [-0.1, -0.05) is 0 Å². The maximum absolute atomic E-state index is 12.0. The highest BCUT2D eigenvalue weighted by Crippen LogP contribution is 2.15. The van der Waals surface area contributed by atoms with Gasteiger partial charge in [0.05, 0.1) is 30.1 Å². The number of hydrogen-bond acceptors (Lipinski definition) is 5. The molecule has 0 saturated carbocycles. The van der Waals surface area contributed by atoms with Gasteiger partial charge in [-0.3, -0.25) is 15.6 Å². The number of nitrogen functional groups attached to an aromatic ring is 1. The molecule has 16 heavy (non-hydrogen) atoms. The van der Waals surface area contributed by atoms with Gasteiger partial charge in [-0.15, -0.1) is 0 Å². The van der Waals surface area contributed by atoms with E-state index in [0.29, 0.717) is 11.3 Å². The maximum atomic E-state index is 12.0. The number of aliphatic hydroxyl groups excluding tert-OH is 1. The van der Waals surface area contributed by atoms with Crippen molar-refractivity contribution in [2.24, 2.45) is 5.84 Å². The Balaban J connectivity index is 2.95. The first kappa shape index (κ1) is 12.4. The van der Waals surface area contributed by atoms with E-state index in [-0.39, 0.29) is 18.6 Å². The van der Waals surface area contributed by atoms with Crippen LogP contribution in [0, 0.1) is 0 Å². The van der Waals surface area contributed by atoms with E-state index < -0.39 is 0 Å². The summed E-state index contributed by atoms with van der Waals surface area (Å²) in [6.45, 7) is 1.67. The zero-order valence-corrected chi connectivity index (χ0v) is 9.34. The lowest BCUT2D eigenvalue weighted by molar-refractivity contribution is 0.0683. The molecule has 1 aromatic heterocycles. The van der Waals surface area contributed by atoms with E-state index in [4.69, 9.17) is 10.9 Å². The average molecular weight is 224 g/mol. The molecule has 0 aliphatic carbocycles. The highest BCUT2D eigenvalue weighted by Gasteiger charge is 2.19. The first-order valence-corrected chi connectivity index (χ1v) is 4.90. The van der Waals surface area contributed by atoms with Gasteiger partial charge in [-0.05, 0) is 13.0 Å². The average Bonchev–Trinajstić information content (AvgIpc) is 2.35. The van der Waals surface area contributed by atoms with E-state index in [1.54, 1.807) is 20.0 Å². The van der Waals surface area contributed by atoms with Crippen molar-refractivity contribution in [1.29, 1.82) is 0 Å². The molecular weight excluding hydrogens is 208 g/mol. The number of rotatable bonds is 4. The van der Waals surface area contributed by atoms with Crippen molar-refractivity contribution in [1.82, 2.24) is 9.88 Å². The van der Waals surface area contributed by atoms with Crippen LogP contribution in [0.5, 0.6) is 0 Å². The van der Waals surface area contributed by atoms with Crippen LogP contribution in [0.15, 0.2) is 18.5 Å². The highest BCUT2D eigenvalue weighted by atomic mass is 16.3. The third-order valence-electron chi connectivity index (χ3n) is 2.45. The summed E-state index contributed by atoms with van der Waals surface area (Å²) in [5.41, 5.74) is 3.31. The van der Waals surface area contributed by atoms with Crippen LogP contribution in [0.3, 0.4) is 0 Å². The SMILES string of the molecule is CC(CO)N(C)C(=O)c1ccncc1NN. The summed E-state index contributed by atoms with van der Waals surface area (Å²) in [5.74, 6) is 5.08. The lowest BCUT2D eigenvalue weighted by Gasteiger charge is -2.23. The smallest absolute Gasteiger partial charge is 0.256 e. The van der Waals surface area contributed by atoms with E-state index in [0.717, 1.165) is 0 Å². The second-order valence-electron chi connectivity index (χ2n) is 3.51. The summed E-state index contributed by atoms with van der Waals surface area (Å²) in [5, 5.41) is 8.98. The molecule has 0 saturated heterocycles. The predicted octanol–water partition coefficient (Wildman–Crippen LogP) is -0.180. The molecule has 0 bridgehead atoms. The summed E-state index contributed by atoms with van der Waals surface area (Å²) in [6.07, 6.45) is 3.00. The quantitative estimate of drug-likeness (QED) is 0.487. The van der Waals surface area contributed by atoms with E-state index in [2.05, 4.69) is 10.4 Å². The molecule has 6 nitrogen and oxygen atoms in total. The third-order valence-corrected chi connectivity index (χ3v) is 2.45. The predicted molar refractivity (Wildman–Crippen MR) is 60.7 cm³/mol. The van der Waals surface area contributed by atoms with Crippen LogP contribution in [0.1, 0.15) is 17.3 Å². The van der Waals surface area contributed by atoms with Crippen molar-refractivity contribution >= 4 is 11.6 Å². The van der Waals surface area contributed by atoms with Gasteiger partial charge in [-0.2, -0.15) is 0 Å². The molecule has 0 radical (unpaired) electrons. The Morgan fingerprint density at radius 3 is 3.00 bits per heavy atom. The Labute approximate surface area is 94.1 Å². The summed E-state index contributed by atoms with van der Waals surface area (Å²) >= 11 is 0. The lowest BCUT2D eigenvalue weighted by atomic mass is 10.2. The van der Waals surface area contributed by atoms with Crippen LogP contribution < -0.4 is 11.3 Å². The van der Waals surface area contributed by atoms with Crippen molar-refractivity contribution in [2.45, 2.75) is 13.0 Å². The van der Waals surface area contributed by atoms with E-state index in [9.17, 15) is 4.79 Å². The molecule has 88 valence electrons. The zero-order chi connectivity index (χ0) is 12.1. The molecule has 1 rings (SSSR count). The fraction of sp³-hybridized carbons (Fsp3) is 0.400. The van der Waals surface area contributed by atoms with Gasteiger partial charge in [0, 0.05) is 13.2 Å². The van der Waals surface area contributed by atoms with Gasteiger partial charge in [-0.25, -0.2) is 0 Å². The molecule has 0 spiro atoms. The molecule has 1 amide bonds. The van der Waals surface area contributed by atoms with Crippen LogP contribution in [-0.4, -0.2) is 40.6 Å². The van der Waals surface area contributed by atoms with Crippen LogP contribution in [0.4, 0.5) is 5.69 Å². The van der Waals surface area contributed by atoms with Gasteiger partial charge in [0.15, 0.2) is 0 Å². The summed E-state index contributed by atoms with van der Waals surface area (Å²) in [6, 6.07) is 1.34. The summed E-state index contributed by atoms with van der Waals surface area (Å²) in [7, 11) is 1.63. The minimum Gasteiger partial charge on any atom is -0.394 e. The van der Waals surface area contributed by atoms with Crippen LogP contribution in [-0.2, 0) is 0 Å². The highest BCUT2D eigenvalue weighted by molar-refractivity contribution is 5.99. The second kappa shape index (κ2) is 5.43. The number of nitrogens with two attached hydrogens (primary N) is 1. The van der Waals surface area contributed by atoms with E-state index in [1.165, 1.54) is 17.3 Å². The topological polar surface area (TPSA) is 91.5 Å². The van der Waals surface area contributed by atoms with E-state index >= 15 is 0 Å². The van der Waals surface area contributed by atoms with Crippen LogP contribution in [0.25, 0.3) is 0 Å². The molecule has 0 fully saturated rings. The minimum atomic E-state index is -0.244. The van der Waals surface area contributed by atoms with Crippen LogP contribution in [0.2, 0.25) is 0 Å². The largest absolute Gasteiger partial charge is 0.394 e. The Hall–Kier alpha value is -1.66. The molecule has 0 aromatic carbocycles. The van der Waals surface area contributed by atoms with Gasteiger partial charge in [0.1, 0.15) is 0 Å². The normalized spacial score (nSPS) is 12.0. The fourth-order valence-corrected chi connectivity index (χ4v) is 1.21. The number of nitrogens with one attached hydrogen (secondary N) is 1. The molecule has 1 unspecified atom stereocenters. The summed E-state index contributed by atoms with van der Waals surface area (Å²) < 4.78 is 0. The number of carbonyl (C=O) groups is 1. The zero-order valence-electron chi connectivity index (χ0n) is 9.34. The van der Waals surface area contributed by atoms with Gasteiger partial charge >= 0.3 is 0 Å². The number of anilines is 1. The standard InChI is InChI=1S/C10H16N4O2/c1-7(6-15)14(2)10(16)8-3-4-12-5-9(8)13-11/h3-5,7,13,15H,6,11H2,1-2H3. The van der Waals surface area contributed by atoms with Gasteiger partial charge in [0.25, 0.3) is 5.91 Å². The number of likely N-dealkylation sites (N-methyl/N-ethyl adjacent to an activating group) is 1. The lowest BCUT2D eigenvalue weighted by Crippen LogP contribution is -2.37. The second-order valence-corrected chi connectivity index (χ2v) is 3.51. The molecular formula is C10H16N4O2. The maximum Gasteiger partial charge on any atom is 0.256 e. The number of nitrogens with zero attached hydrogens (tertiary/aromatic N) is 2. The van der Waals surface area contributed by atoms with Crippen molar-refractivity contribution in [3.63, 3.8) is 0 Å². The van der Waals surface area contributed by atoms with Crippen molar-refractivity contribution in [3.05, 3.63) is 24.0 Å². The Bertz CT molecular complexity index is 370. The molecule has 6 heteroatoms. The fourth-order valence-electron chi connectivity index (χ4n) is 1.21. The minimum absolute atomic E-state index is 0.0846. The molecule has 0 aliphatic heterocycles. The van der Waals surface area contributed by atoms with Crippen molar-refractivity contribution in [2.75, 3.05) is 19.1 Å². The number of aliphatic hydroxyl groups is 1. The summed E-state index contributed by atoms with van der Waals surface area (Å²) in [4.78, 5) is 17.3. The number of carbonyl (C=O) groups excluding carboxylic acids is 1. The Morgan fingerprint density at radius 2 is 2.44 bits per heavy atom.